The van der Waals surface area contributed by atoms with Crippen LogP contribution in [0.15, 0.2) is 73.1 Å². The molecule has 14 nitrogen and oxygen atoms in total. The molecule has 6 atom stereocenters. The van der Waals surface area contributed by atoms with E-state index >= 15 is 0 Å². The van der Waals surface area contributed by atoms with Gasteiger partial charge in [-0.3, -0.25) is 9.59 Å². The minimum Gasteiger partial charge on any atom is -0.465 e. The van der Waals surface area contributed by atoms with Crippen LogP contribution in [0.1, 0.15) is 115 Å². The SMILES string of the molecule is COC(=O)NC(C(=O)N1[C@@H](C)CC[C@H]1c1nc(-c2ccc3cc(-c4ccc(-c5c[nH]c([C@@H]6CC[C@H](C)N6C(=O)[C@@H](NC(=O)O)C6CCC(F)(F)CC6)n5)cc4)ccc3c2)c[nH]1)C1CCC(F)(F)CC1. The maximum atomic E-state index is 14.2. The highest BCUT2D eigenvalue weighted by Gasteiger charge is 2.47. The van der Waals surface area contributed by atoms with Crippen LogP contribution >= 0.6 is 0 Å². The Kier molecular flexibility index (Phi) is 13.2. The van der Waals surface area contributed by atoms with Crippen molar-refractivity contribution < 1.29 is 46.6 Å². The first kappa shape index (κ1) is 47.6. The number of aromatic amines is 2. The summed E-state index contributed by atoms with van der Waals surface area (Å²) < 4.78 is 61.0. The molecule has 69 heavy (non-hydrogen) atoms. The molecule has 3 aromatic carbocycles. The lowest BCUT2D eigenvalue weighted by Crippen LogP contribution is -2.54. The Bertz CT molecular complexity index is 2690. The van der Waals surface area contributed by atoms with Crippen molar-refractivity contribution in [2.24, 2.45) is 11.8 Å². The minimum atomic E-state index is -2.81. The molecule has 4 heterocycles. The van der Waals surface area contributed by atoms with Crippen LogP contribution in [-0.4, -0.2) is 102 Å². The predicted octanol–water partition coefficient (Wildman–Crippen LogP) is 10.4. The molecule has 4 aliphatic rings. The molecule has 5 N–H and O–H groups in total. The van der Waals surface area contributed by atoms with Gasteiger partial charge < -0.3 is 40.2 Å². The van der Waals surface area contributed by atoms with Crippen molar-refractivity contribution in [1.29, 1.82) is 0 Å². The Labute approximate surface area is 397 Å². The van der Waals surface area contributed by atoms with E-state index in [-0.39, 0.29) is 69.4 Å². The molecular weight excluding hydrogens is 897 g/mol. The molecule has 0 radical (unpaired) electrons. The maximum Gasteiger partial charge on any atom is 0.407 e. The molecule has 18 heteroatoms. The van der Waals surface area contributed by atoms with Crippen LogP contribution in [0.25, 0.3) is 44.4 Å². The number of amides is 4. The highest BCUT2D eigenvalue weighted by molar-refractivity contribution is 5.91. The molecule has 366 valence electrons. The fourth-order valence-corrected chi connectivity index (χ4v) is 11.2. The van der Waals surface area contributed by atoms with Crippen LogP contribution in [-0.2, 0) is 14.3 Å². The number of hydrogen-bond acceptors (Lipinski definition) is 7. The largest absolute Gasteiger partial charge is 0.465 e. The van der Waals surface area contributed by atoms with Gasteiger partial charge in [0.15, 0.2) is 0 Å². The lowest BCUT2D eigenvalue weighted by molar-refractivity contribution is -0.140. The monoisotopic (exact) mass is 954 g/mol. The molecule has 2 saturated heterocycles. The van der Waals surface area contributed by atoms with E-state index in [0.717, 1.165) is 33.0 Å². The third-order valence-electron chi connectivity index (χ3n) is 15.1. The molecule has 0 spiro atoms. The summed E-state index contributed by atoms with van der Waals surface area (Å²) in [6.45, 7) is 3.85. The summed E-state index contributed by atoms with van der Waals surface area (Å²) in [5.41, 5.74) is 5.12. The van der Waals surface area contributed by atoms with E-state index in [0.29, 0.717) is 48.7 Å². The van der Waals surface area contributed by atoms with Gasteiger partial charge in [-0.25, -0.2) is 37.1 Å². The summed E-state index contributed by atoms with van der Waals surface area (Å²) in [4.78, 5) is 72.3. The number of carbonyl (C=O) groups is 4. The van der Waals surface area contributed by atoms with Crippen LogP contribution in [0.5, 0.6) is 0 Å². The van der Waals surface area contributed by atoms with Crippen LogP contribution < -0.4 is 10.6 Å². The normalized spacial score (nSPS) is 23.7. The summed E-state index contributed by atoms with van der Waals surface area (Å²) in [6.07, 6.45) is 3.00. The van der Waals surface area contributed by atoms with Gasteiger partial charge in [-0.15, -0.1) is 0 Å². The van der Waals surface area contributed by atoms with E-state index in [2.05, 4.69) is 44.9 Å². The number of halogens is 4. The average molecular weight is 955 g/mol. The van der Waals surface area contributed by atoms with Crippen molar-refractivity contribution in [1.82, 2.24) is 40.4 Å². The number of methoxy groups -OCH3 is 1. The van der Waals surface area contributed by atoms with E-state index in [1.807, 2.05) is 56.4 Å². The van der Waals surface area contributed by atoms with Gasteiger partial charge in [-0.1, -0.05) is 48.5 Å². The molecule has 2 saturated carbocycles. The van der Waals surface area contributed by atoms with Gasteiger partial charge in [0.25, 0.3) is 0 Å². The van der Waals surface area contributed by atoms with E-state index < -0.39 is 65.9 Å². The molecule has 4 amide bonds. The second-order valence-electron chi connectivity index (χ2n) is 19.5. The first-order chi connectivity index (χ1) is 33.0. The number of ether oxygens (including phenoxy) is 1. The first-order valence-electron chi connectivity index (χ1n) is 24.0. The van der Waals surface area contributed by atoms with Gasteiger partial charge >= 0.3 is 12.2 Å². The number of aromatic nitrogens is 4. The smallest absolute Gasteiger partial charge is 0.407 e. The first-order valence-corrected chi connectivity index (χ1v) is 24.0. The number of nitrogens with zero attached hydrogens (tertiary/aromatic N) is 4. The minimum absolute atomic E-state index is 0.0542. The highest BCUT2D eigenvalue weighted by Crippen LogP contribution is 2.43. The quantitative estimate of drug-likeness (QED) is 0.0810. The lowest BCUT2D eigenvalue weighted by Gasteiger charge is -2.37. The Morgan fingerprint density at radius 3 is 1.52 bits per heavy atom. The van der Waals surface area contributed by atoms with Crippen molar-refractivity contribution in [3.8, 4) is 33.6 Å². The van der Waals surface area contributed by atoms with Crippen molar-refractivity contribution in [2.75, 3.05) is 7.11 Å². The standard InChI is InChI=1S/C51H58F4N8O6/c1-28-4-14-40(62(28)46(64)42(60-48(66)67)32-16-20-50(52,53)21-17-32)44-56-26-38(58-44)31-8-6-30(7-9-31)34-10-11-36-25-37(13-12-35(36)24-34)39-27-57-45(59-39)41-15-5-29(2)63(41)47(65)43(61-49(68)69-3)33-18-22-51(54,55)23-19-33/h6-13,24-29,32-33,40-43,60H,4-5,14-23H2,1-3H3,(H,56,58)(H,57,59)(H,61,68)(H,66,67)/t28-,29-,40-,41-,42-,43?/m0/s1. The number of fused-ring (bicyclic) bond motifs is 1. The third kappa shape index (κ3) is 10.0. The van der Waals surface area contributed by atoms with Crippen LogP contribution in [0.2, 0.25) is 0 Å². The number of rotatable bonds is 11. The predicted molar refractivity (Wildman–Crippen MR) is 249 cm³/mol. The topological polar surface area (TPSA) is 186 Å². The Hall–Kier alpha value is -6.46. The van der Waals surface area contributed by atoms with Gasteiger partial charge in [-0.2, -0.15) is 0 Å². The molecule has 9 rings (SSSR count). The summed E-state index contributed by atoms with van der Waals surface area (Å²) >= 11 is 0. The molecule has 5 aromatic rings. The fraction of sp³-hybridized carbons (Fsp3) is 0.490. The number of carboxylic acid groups (broad SMARTS) is 1. The zero-order valence-corrected chi connectivity index (χ0v) is 38.8. The number of nitrogens with one attached hydrogen (secondary N) is 4. The van der Waals surface area contributed by atoms with Crippen molar-refractivity contribution >= 4 is 34.8 Å². The average Bonchev–Trinajstić information content (AvgIpc) is 4.17. The Morgan fingerprint density at radius 1 is 0.623 bits per heavy atom. The molecule has 4 fully saturated rings. The van der Waals surface area contributed by atoms with Crippen molar-refractivity contribution in [2.45, 2.75) is 139 Å². The summed E-state index contributed by atoms with van der Waals surface area (Å²) in [7, 11) is 1.21. The number of hydrogen-bond donors (Lipinski definition) is 5. The number of imidazole rings is 2. The molecule has 2 aliphatic heterocycles. The zero-order valence-electron chi connectivity index (χ0n) is 38.8. The second kappa shape index (κ2) is 19.1. The Balaban J connectivity index is 0.871. The van der Waals surface area contributed by atoms with Gasteiger partial charge in [0, 0.05) is 61.3 Å². The maximum absolute atomic E-state index is 14.2. The molecule has 1 unspecified atom stereocenters. The zero-order chi connectivity index (χ0) is 48.8. The summed E-state index contributed by atoms with van der Waals surface area (Å²) in [5.74, 6) is -6.13. The number of H-pyrrole nitrogens is 2. The van der Waals surface area contributed by atoms with Gasteiger partial charge in [0.1, 0.15) is 23.7 Å². The van der Waals surface area contributed by atoms with Crippen molar-refractivity contribution in [3.63, 3.8) is 0 Å². The Morgan fingerprint density at radius 2 is 1.04 bits per heavy atom. The second-order valence-corrected chi connectivity index (χ2v) is 19.5. The number of benzene rings is 3. The van der Waals surface area contributed by atoms with Crippen LogP contribution in [0, 0.1) is 11.8 Å². The van der Waals surface area contributed by atoms with Crippen molar-refractivity contribution in [3.05, 3.63) is 84.7 Å². The van der Waals surface area contributed by atoms with E-state index in [1.54, 1.807) is 16.0 Å². The third-order valence-corrected chi connectivity index (χ3v) is 15.1. The van der Waals surface area contributed by atoms with E-state index in [1.165, 1.54) is 7.11 Å². The number of likely N-dealkylation sites (tertiary alicyclic amines) is 2. The molecule has 2 aliphatic carbocycles. The highest BCUT2D eigenvalue weighted by atomic mass is 19.3. The van der Waals surface area contributed by atoms with Crippen LogP contribution in [0.3, 0.4) is 0 Å². The lowest BCUT2D eigenvalue weighted by atomic mass is 9.81. The summed E-state index contributed by atoms with van der Waals surface area (Å²) in [5, 5.41) is 16.7. The molecule has 0 bridgehead atoms. The van der Waals surface area contributed by atoms with Gasteiger partial charge in [0.05, 0.1) is 30.6 Å². The molecule has 2 aromatic heterocycles. The number of alkyl halides is 4. The molecular formula is C51H58F4N8O6. The summed E-state index contributed by atoms with van der Waals surface area (Å²) in [6, 6.07) is 17.0. The fourth-order valence-electron chi connectivity index (χ4n) is 11.2. The number of alkyl carbamates (subject to hydrolysis) is 1. The van der Waals surface area contributed by atoms with E-state index in [4.69, 9.17) is 14.7 Å². The van der Waals surface area contributed by atoms with Crippen LogP contribution in [0.4, 0.5) is 27.2 Å². The van der Waals surface area contributed by atoms with E-state index in [9.17, 15) is 41.8 Å². The van der Waals surface area contributed by atoms with Gasteiger partial charge in [0.2, 0.25) is 23.7 Å². The van der Waals surface area contributed by atoms with Gasteiger partial charge in [-0.05, 0) is 111 Å². The number of carbonyl (C=O) groups excluding carboxylic acids is 3.